The van der Waals surface area contributed by atoms with Gasteiger partial charge in [-0.25, -0.2) is 0 Å². The second-order valence-electron chi connectivity index (χ2n) is 4.48. The van der Waals surface area contributed by atoms with Crippen LogP contribution in [0.1, 0.15) is 4.88 Å². The van der Waals surface area contributed by atoms with E-state index in [9.17, 15) is 4.79 Å². The molecule has 0 unspecified atom stereocenters. The number of benzene rings is 1. The molecule has 2 heterocycles. The van der Waals surface area contributed by atoms with Gasteiger partial charge in [0.05, 0.1) is 11.6 Å². The highest BCUT2D eigenvalue weighted by molar-refractivity contribution is 7.09. The van der Waals surface area contributed by atoms with Gasteiger partial charge in [0.15, 0.2) is 0 Å². The van der Waals surface area contributed by atoms with Crippen LogP contribution in [0.15, 0.2) is 41.8 Å². The molecule has 0 aliphatic carbocycles. The van der Waals surface area contributed by atoms with Crippen LogP contribution in [-0.4, -0.2) is 26.1 Å². The van der Waals surface area contributed by atoms with Gasteiger partial charge < -0.3 is 5.32 Å². The number of carbonyl (C=O) groups excluding carboxylic acids is 1. The van der Waals surface area contributed by atoms with Crippen molar-refractivity contribution in [2.75, 3.05) is 0 Å². The molecule has 112 valence electrons. The normalized spacial score (nSPS) is 10.6. The molecule has 0 spiro atoms. The molecule has 0 atom stereocenters. The van der Waals surface area contributed by atoms with Crippen LogP contribution < -0.4 is 5.32 Å². The standard InChI is InChI=1S/C14H12ClN5OS/c15-12-6-2-1-5-11(12)14-17-19-20(18-14)9-13(21)16-8-10-4-3-7-22-10/h1-7H,8-9H2,(H,16,21). The Kier molecular flexibility index (Phi) is 4.45. The van der Waals surface area contributed by atoms with Crippen molar-refractivity contribution in [3.05, 3.63) is 51.7 Å². The first-order valence-corrected chi connectivity index (χ1v) is 7.80. The molecule has 3 rings (SSSR count). The molecule has 1 amide bonds. The number of tetrazole rings is 1. The summed E-state index contributed by atoms with van der Waals surface area (Å²) in [6.07, 6.45) is 0. The van der Waals surface area contributed by atoms with Crippen LogP contribution in [0.2, 0.25) is 5.02 Å². The van der Waals surface area contributed by atoms with E-state index in [1.54, 1.807) is 23.5 Å². The maximum atomic E-state index is 11.9. The number of halogens is 1. The fraction of sp³-hybridized carbons (Fsp3) is 0.143. The molecule has 0 saturated heterocycles. The summed E-state index contributed by atoms with van der Waals surface area (Å²) in [7, 11) is 0. The number of hydrogen-bond donors (Lipinski definition) is 1. The lowest BCUT2D eigenvalue weighted by molar-refractivity contribution is -0.122. The first-order chi connectivity index (χ1) is 10.7. The molecule has 0 aliphatic heterocycles. The van der Waals surface area contributed by atoms with E-state index in [4.69, 9.17) is 11.6 Å². The van der Waals surface area contributed by atoms with Gasteiger partial charge in [-0.3, -0.25) is 4.79 Å². The van der Waals surface area contributed by atoms with Gasteiger partial charge in [-0.15, -0.1) is 21.5 Å². The van der Waals surface area contributed by atoms with E-state index in [-0.39, 0.29) is 12.5 Å². The van der Waals surface area contributed by atoms with Gasteiger partial charge in [-0.2, -0.15) is 4.80 Å². The van der Waals surface area contributed by atoms with Crippen molar-refractivity contribution in [2.24, 2.45) is 0 Å². The maximum Gasteiger partial charge on any atom is 0.243 e. The van der Waals surface area contributed by atoms with E-state index in [1.807, 2.05) is 29.6 Å². The molecule has 2 aromatic heterocycles. The number of carbonyl (C=O) groups is 1. The van der Waals surface area contributed by atoms with Crippen LogP contribution in [0.4, 0.5) is 0 Å². The molecular formula is C14H12ClN5OS. The molecule has 0 aliphatic rings. The Morgan fingerprint density at radius 1 is 1.27 bits per heavy atom. The molecule has 8 heteroatoms. The monoisotopic (exact) mass is 333 g/mol. The molecule has 1 N–H and O–H groups in total. The smallest absolute Gasteiger partial charge is 0.243 e. The van der Waals surface area contributed by atoms with Gasteiger partial charge in [0, 0.05) is 10.4 Å². The van der Waals surface area contributed by atoms with Gasteiger partial charge >= 0.3 is 0 Å². The summed E-state index contributed by atoms with van der Waals surface area (Å²) < 4.78 is 0. The molecule has 0 bridgehead atoms. The molecule has 22 heavy (non-hydrogen) atoms. The Labute approximate surface area is 135 Å². The van der Waals surface area contributed by atoms with Gasteiger partial charge in [-0.1, -0.05) is 29.8 Å². The number of nitrogens with zero attached hydrogens (tertiary/aromatic N) is 4. The second-order valence-corrected chi connectivity index (χ2v) is 5.92. The van der Waals surface area contributed by atoms with E-state index in [1.165, 1.54) is 4.80 Å². The molecule has 0 saturated carbocycles. The Hall–Kier alpha value is -2.25. The third-order valence-electron chi connectivity index (χ3n) is 2.89. The quantitative estimate of drug-likeness (QED) is 0.778. The molecular weight excluding hydrogens is 322 g/mol. The summed E-state index contributed by atoms with van der Waals surface area (Å²) in [4.78, 5) is 14.2. The third kappa shape index (κ3) is 3.49. The lowest BCUT2D eigenvalue weighted by Gasteiger charge is -2.02. The number of nitrogens with one attached hydrogen (secondary N) is 1. The van der Waals surface area contributed by atoms with Gasteiger partial charge in [0.1, 0.15) is 6.54 Å². The topological polar surface area (TPSA) is 72.7 Å². The van der Waals surface area contributed by atoms with Crippen LogP contribution in [0.3, 0.4) is 0 Å². The van der Waals surface area contributed by atoms with Crippen molar-refractivity contribution in [2.45, 2.75) is 13.1 Å². The lowest BCUT2D eigenvalue weighted by Crippen LogP contribution is -2.27. The average Bonchev–Trinajstić information content (AvgIpc) is 3.17. The number of thiophene rings is 1. The number of amides is 1. The van der Waals surface area contributed by atoms with Crippen molar-refractivity contribution < 1.29 is 4.79 Å². The predicted octanol–water partition coefficient (Wildman–Crippen LogP) is 2.37. The average molecular weight is 334 g/mol. The van der Waals surface area contributed by atoms with Crippen molar-refractivity contribution >= 4 is 28.8 Å². The Morgan fingerprint density at radius 2 is 2.14 bits per heavy atom. The fourth-order valence-electron chi connectivity index (χ4n) is 1.84. The summed E-state index contributed by atoms with van der Waals surface area (Å²) in [5.74, 6) is 0.230. The van der Waals surface area contributed by atoms with E-state index < -0.39 is 0 Å². The molecule has 6 nitrogen and oxygen atoms in total. The minimum absolute atomic E-state index is 0.0167. The first-order valence-electron chi connectivity index (χ1n) is 6.54. The summed E-state index contributed by atoms with van der Waals surface area (Å²) in [5.41, 5.74) is 0.689. The Balaban J connectivity index is 1.62. The van der Waals surface area contributed by atoms with Crippen molar-refractivity contribution in [1.29, 1.82) is 0 Å². The predicted molar refractivity (Wildman–Crippen MR) is 84.4 cm³/mol. The summed E-state index contributed by atoms with van der Waals surface area (Å²) in [6.45, 7) is 0.519. The summed E-state index contributed by atoms with van der Waals surface area (Å²) >= 11 is 7.68. The molecule has 3 aromatic rings. The lowest BCUT2D eigenvalue weighted by atomic mass is 10.2. The van der Waals surface area contributed by atoms with E-state index in [2.05, 4.69) is 20.7 Å². The summed E-state index contributed by atoms with van der Waals surface area (Å²) in [5, 5.41) is 17.3. The van der Waals surface area contributed by atoms with E-state index >= 15 is 0 Å². The fourth-order valence-corrected chi connectivity index (χ4v) is 2.71. The summed E-state index contributed by atoms with van der Waals surface area (Å²) in [6, 6.07) is 11.1. The number of hydrogen-bond acceptors (Lipinski definition) is 5. The number of aromatic nitrogens is 4. The highest BCUT2D eigenvalue weighted by Gasteiger charge is 2.11. The van der Waals surface area contributed by atoms with Gasteiger partial charge in [-0.05, 0) is 28.8 Å². The van der Waals surface area contributed by atoms with Crippen LogP contribution in [0, 0.1) is 0 Å². The highest BCUT2D eigenvalue weighted by Crippen LogP contribution is 2.23. The largest absolute Gasteiger partial charge is 0.350 e. The zero-order chi connectivity index (χ0) is 15.4. The Bertz CT molecular complexity index is 771. The van der Waals surface area contributed by atoms with E-state index in [0.717, 1.165) is 4.88 Å². The molecule has 0 fully saturated rings. The minimum Gasteiger partial charge on any atom is -0.350 e. The second kappa shape index (κ2) is 6.67. The maximum absolute atomic E-state index is 11.9. The van der Waals surface area contributed by atoms with Gasteiger partial charge in [0.2, 0.25) is 11.7 Å². The van der Waals surface area contributed by atoms with Crippen LogP contribution in [0.5, 0.6) is 0 Å². The van der Waals surface area contributed by atoms with Gasteiger partial charge in [0.25, 0.3) is 0 Å². The third-order valence-corrected chi connectivity index (χ3v) is 4.10. The zero-order valence-corrected chi connectivity index (χ0v) is 13.0. The first kappa shape index (κ1) is 14.7. The minimum atomic E-state index is -0.170. The van der Waals surface area contributed by atoms with Crippen LogP contribution >= 0.6 is 22.9 Å². The van der Waals surface area contributed by atoms with Crippen molar-refractivity contribution in [3.63, 3.8) is 0 Å². The molecule has 0 radical (unpaired) electrons. The van der Waals surface area contributed by atoms with Crippen molar-refractivity contribution in [1.82, 2.24) is 25.5 Å². The van der Waals surface area contributed by atoms with Crippen LogP contribution in [0.25, 0.3) is 11.4 Å². The SMILES string of the molecule is O=C(Cn1nnc(-c2ccccc2Cl)n1)NCc1cccs1. The highest BCUT2D eigenvalue weighted by atomic mass is 35.5. The Morgan fingerprint density at radius 3 is 2.91 bits per heavy atom. The number of rotatable bonds is 5. The molecule has 1 aromatic carbocycles. The van der Waals surface area contributed by atoms with E-state index in [0.29, 0.717) is 23.0 Å². The van der Waals surface area contributed by atoms with Crippen LogP contribution in [-0.2, 0) is 17.9 Å². The zero-order valence-electron chi connectivity index (χ0n) is 11.4. The van der Waals surface area contributed by atoms with Crippen molar-refractivity contribution in [3.8, 4) is 11.4 Å².